The molecular weight excluding hydrogens is 212 g/mol. The number of aryl methyl sites for hydroxylation is 2. The van der Waals surface area contributed by atoms with Crippen LogP contribution in [0.25, 0.3) is 0 Å². The predicted octanol–water partition coefficient (Wildman–Crippen LogP) is 2.42. The summed E-state index contributed by atoms with van der Waals surface area (Å²) in [5, 5.41) is 4.54. The van der Waals surface area contributed by atoms with Gasteiger partial charge >= 0.3 is 0 Å². The average molecular weight is 236 g/mol. The highest BCUT2D eigenvalue weighted by molar-refractivity contribution is 5.66. The van der Waals surface area contributed by atoms with E-state index in [9.17, 15) is 0 Å². The van der Waals surface area contributed by atoms with Gasteiger partial charge in [-0.15, -0.1) is 0 Å². The van der Waals surface area contributed by atoms with Gasteiger partial charge in [0.05, 0.1) is 11.4 Å². The molecule has 0 spiro atoms. The lowest BCUT2D eigenvalue weighted by Gasteiger charge is -2.22. The van der Waals surface area contributed by atoms with E-state index in [2.05, 4.69) is 35.5 Å². The van der Waals surface area contributed by atoms with Crippen molar-refractivity contribution in [2.45, 2.75) is 47.1 Å². The van der Waals surface area contributed by atoms with Gasteiger partial charge in [-0.05, 0) is 25.2 Å². The molecule has 0 radical (unpaired) electrons. The van der Waals surface area contributed by atoms with Gasteiger partial charge in [0.2, 0.25) is 0 Å². The quantitative estimate of drug-likeness (QED) is 0.876. The summed E-state index contributed by atoms with van der Waals surface area (Å²) < 4.78 is 2.08. The Morgan fingerprint density at radius 3 is 2.65 bits per heavy atom. The molecule has 0 atom stereocenters. The number of anilines is 2. The van der Waals surface area contributed by atoms with E-state index in [0.717, 1.165) is 43.3 Å². The Hall–Kier alpha value is -1.19. The summed E-state index contributed by atoms with van der Waals surface area (Å²) in [7, 11) is 0. The third kappa shape index (κ3) is 2.26. The van der Waals surface area contributed by atoms with E-state index in [1.165, 1.54) is 6.42 Å². The standard InChI is InChI=1S/C13H24N4/c1-5-7-17-12(11(14)10(2)15-17)16-8-6-13(3,4)9-16/h5-9,14H2,1-4H3. The van der Waals surface area contributed by atoms with Gasteiger partial charge in [0, 0.05) is 19.6 Å². The van der Waals surface area contributed by atoms with E-state index in [1.807, 2.05) is 6.92 Å². The summed E-state index contributed by atoms with van der Waals surface area (Å²) in [6.45, 7) is 11.9. The van der Waals surface area contributed by atoms with Crippen LogP contribution in [0.15, 0.2) is 0 Å². The van der Waals surface area contributed by atoms with Gasteiger partial charge in [-0.1, -0.05) is 20.8 Å². The van der Waals surface area contributed by atoms with Gasteiger partial charge in [-0.25, -0.2) is 4.68 Å². The number of rotatable bonds is 3. The summed E-state index contributed by atoms with van der Waals surface area (Å²) in [5.74, 6) is 1.13. The second-order valence-corrected chi connectivity index (χ2v) is 5.88. The van der Waals surface area contributed by atoms with Crippen molar-refractivity contribution in [2.75, 3.05) is 23.7 Å². The van der Waals surface area contributed by atoms with E-state index < -0.39 is 0 Å². The van der Waals surface area contributed by atoms with E-state index >= 15 is 0 Å². The van der Waals surface area contributed by atoms with Crippen LogP contribution in [0.2, 0.25) is 0 Å². The Kier molecular flexibility index (Phi) is 3.06. The highest BCUT2D eigenvalue weighted by atomic mass is 15.4. The summed E-state index contributed by atoms with van der Waals surface area (Å²) >= 11 is 0. The topological polar surface area (TPSA) is 47.1 Å². The third-order valence-corrected chi connectivity index (χ3v) is 3.56. The summed E-state index contributed by atoms with van der Waals surface area (Å²) in [5.41, 5.74) is 8.38. The first kappa shape index (κ1) is 12.3. The highest BCUT2D eigenvalue weighted by Crippen LogP contribution is 2.36. The van der Waals surface area contributed by atoms with E-state index in [0.29, 0.717) is 5.41 Å². The van der Waals surface area contributed by atoms with Crippen LogP contribution in [0.3, 0.4) is 0 Å². The second-order valence-electron chi connectivity index (χ2n) is 5.88. The fourth-order valence-corrected chi connectivity index (χ4v) is 2.58. The molecular formula is C13H24N4. The predicted molar refractivity (Wildman–Crippen MR) is 72.3 cm³/mol. The summed E-state index contributed by atoms with van der Waals surface area (Å²) in [6, 6.07) is 0. The molecule has 96 valence electrons. The molecule has 0 aliphatic carbocycles. The molecule has 17 heavy (non-hydrogen) atoms. The smallest absolute Gasteiger partial charge is 0.150 e. The molecule has 2 rings (SSSR count). The number of nitrogens with two attached hydrogens (primary N) is 1. The first-order chi connectivity index (χ1) is 7.94. The van der Waals surface area contributed by atoms with Crippen molar-refractivity contribution < 1.29 is 0 Å². The first-order valence-electron chi connectivity index (χ1n) is 6.52. The molecule has 2 N–H and O–H groups in total. The molecule has 0 saturated carbocycles. The molecule has 1 aliphatic heterocycles. The van der Waals surface area contributed by atoms with Crippen LogP contribution >= 0.6 is 0 Å². The maximum absolute atomic E-state index is 6.18. The Balaban J connectivity index is 2.31. The Morgan fingerprint density at radius 2 is 2.12 bits per heavy atom. The fraction of sp³-hybridized carbons (Fsp3) is 0.769. The maximum atomic E-state index is 6.18. The largest absolute Gasteiger partial charge is 0.394 e. The second kappa shape index (κ2) is 4.24. The normalized spacial score (nSPS) is 18.9. The molecule has 4 heteroatoms. The van der Waals surface area contributed by atoms with Crippen molar-refractivity contribution in [3.63, 3.8) is 0 Å². The number of hydrogen-bond acceptors (Lipinski definition) is 3. The van der Waals surface area contributed by atoms with Crippen molar-refractivity contribution >= 4 is 11.5 Å². The molecule has 1 aliphatic rings. The summed E-state index contributed by atoms with van der Waals surface area (Å²) in [4.78, 5) is 2.39. The molecule has 0 unspecified atom stereocenters. The molecule has 4 nitrogen and oxygen atoms in total. The lowest BCUT2D eigenvalue weighted by molar-refractivity contribution is 0.417. The molecule has 2 heterocycles. The van der Waals surface area contributed by atoms with Crippen LogP contribution in [-0.4, -0.2) is 22.9 Å². The molecule has 1 saturated heterocycles. The van der Waals surface area contributed by atoms with Crippen molar-refractivity contribution in [2.24, 2.45) is 5.41 Å². The number of hydrogen-bond donors (Lipinski definition) is 1. The average Bonchev–Trinajstić information content (AvgIpc) is 2.70. The zero-order valence-corrected chi connectivity index (χ0v) is 11.5. The van der Waals surface area contributed by atoms with Gasteiger partial charge in [0.25, 0.3) is 0 Å². The monoisotopic (exact) mass is 236 g/mol. The minimum atomic E-state index is 0.391. The maximum Gasteiger partial charge on any atom is 0.150 e. The number of nitrogen functional groups attached to an aromatic ring is 1. The molecule has 0 bridgehead atoms. The van der Waals surface area contributed by atoms with Crippen molar-refractivity contribution in [3.8, 4) is 0 Å². The van der Waals surface area contributed by atoms with Crippen molar-refractivity contribution in [3.05, 3.63) is 5.69 Å². The molecule has 1 fully saturated rings. The van der Waals surface area contributed by atoms with Crippen molar-refractivity contribution in [1.29, 1.82) is 0 Å². The Bertz CT molecular complexity index is 406. The van der Waals surface area contributed by atoms with Crippen LogP contribution in [-0.2, 0) is 6.54 Å². The lowest BCUT2D eigenvalue weighted by atomic mass is 9.93. The van der Waals surface area contributed by atoms with Crippen LogP contribution in [0.4, 0.5) is 11.5 Å². The zero-order valence-electron chi connectivity index (χ0n) is 11.5. The molecule has 0 amide bonds. The lowest BCUT2D eigenvalue weighted by Crippen LogP contribution is -2.26. The van der Waals surface area contributed by atoms with E-state index in [4.69, 9.17) is 5.73 Å². The third-order valence-electron chi connectivity index (χ3n) is 3.56. The Labute approximate surface area is 104 Å². The number of nitrogens with zero attached hydrogens (tertiary/aromatic N) is 3. The first-order valence-corrected chi connectivity index (χ1v) is 6.52. The molecule has 1 aromatic rings. The van der Waals surface area contributed by atoms with Gasteiger partial charge in [-0.2, -0.15) is 5.10 Å². The van der Waals surface area contributed by atoms with Gasteiger partial charge in [0.1, 0.15) is 0 Å². The van der Waals surface area contributed by atoms with E-state index in [1.54, 1.807) is 0 Å². The zero-order chi connectivity index (χ0) is 12.6. The van der Waals surface area contributed by atoms with Crippen molar-refractivity contribution in [1.82, 2.24) is 9.78 Å². The van der Waals surface area contributed by atoms with Crippen LogP contribution in [0.5, 0.6) is 0 Å². The van der Waals surface area contributed by atoms with Gasteiger partial charge < -0.3 is 10.6 Å². The minimum absolute atomic E-state index is 0.391. The highest BCUT2D eigenvalue weighted by Gasteiger charge is 2.32. The van der Waals surface area contributed by atoms with Gasteiger partial charge in [0.15, 0.2) is 5.82 Å². The number of aromatic nitrogens is 2. The van der Waals surface area contributed by atoms with Crippen LogP contribution < -0.4 is 10.6 Å². The van der Waals surface area contributed by atoms with Crippen LogP contribution in [0.1, 0.15) is 39.3 Å². The Morgan fingerprint density at radius 1 is 1.41 bits per heavy atom. The SMILES string of the molecule is CCCn1nc(C)c(N)c1N1CCC(C)(C)C1. The van der Waals surface area contributed by atoms with E-state index in [-0.39, 0.29) is 0 Å². The minimum Gasteiger partial charge on any atom is -0.394 e. The molecule has 0 aromatic carbocycles. The van der Waals surface area contributed by atoms with Crippen LogP contribution in [0, 0.1) is 12.3 Å². The van der Waals surface area contributed by atoms with Gasteiger partial charge in [-0.3, -0.25) is 0 Å². The molecule has 1 aromatic heterocycles. The fourth-order valence-electron chi connectivity index (χ4n) is 2.58. The summed E-state index contributed by atoms with van der Waals surface area (Å²) in [6.07, 6.45) is 2.31.